The summed E-state index contributed by atoms with van der Waals surface area (Å²) in [5.74, 6) is 0.827. The van der Waals surface area contributed by atoms with Gasteiger partial charge < -0.3 is 14.5 Å². The highest BCUT2D eigenvalue weighted by atomic mass is 16.5. The maximum Gasteiger partial charge on any atom is 0.293 e. The van der Waals surface area contributed by atoms with E-state index in [1.807, 2.05) is 6.07 Å². The molecule has 2 aromatic rings. The minimum atomic E-state index is 0.504. The summed E-state index contributed by atoms with van der Waals surface area (Å²) in [4.78, 5) is 7.20. The molecule has 0 saturated heterocycles. The van der Waals surface area contributed by atoms with Gasteiger partial charge in [0, 0.05) is 5.56 Å². The van der Waals surface area contributed by atoms with E-state index in [9.17, 15) is 0 Å². The quantitative estimate of drug-likeness (QED) is 0.881. The highest BCUT2D eigenvalue weighted by Gasteiger charge is 2.09. The zero-order chi connectivity index (χ0) is 12.3. The van der Waals surface area contributed by atoms with E-state index in [0.29, 0.717) is 6.01 Å². The molecular weight excluding hydrogens is 216 g/mol. The van der Waals surface area contributed by atoms with Gasteiger partial charge >= 0.3 is 0 Å². The predicted molar refractivity (Wildman–Crippen MR) is 66.5 cm³/mol. The number of aromatic amines is 1. The largest absolute Gasteiger partial charge is 0.496 e. The Bertz CT molecular complexity index is 506. The van der Waals surface area contributed by atoms with Crippen LogP contribution in [-0.2, 0) is 6.42 Å². The van der Waals surface area contributed by atoms with E-state index in [2.05, 4.69) is 29.0 Å². The topological polar surface area (TPSA) is 47.1 Å². The van der Waals surface area contributed by atoms with Gasteiger partial charge in [-0.1, -0.05) is 13.0 Å². The molecule has 0 bridgehead atoms. The molecule has 0 amide bonds. The Kier molecular flexibility index (Phi) is 3.32. The maximum atomic E-state index is 5.35. The molecule has 1 aromatic carbocycles. The number of nitrogens with one attached hydrogen (secondary N) is 1. The van der Waals surface area contributed by atoms with Crippen molar-refractivity contribution in [3.63, 3.8) is 0 Å². The van der Waals surface area contributed by atoms with Gasteiger partial charge in [-0.25, -0.2) is 4.98 Å². The van der Waals surface area contributed by atoms with Crippen LogP contribution in [0.15, 0.2) is 24.4 Å². The smallest absolute Gasteiger partial charge is 0.293 e. The first kappa shape index (κ1) is 11.5. The fraction of sp³-hybridized carbons (Fsp3) is 0.308. The fourth-order valence-electron chi connectivity index (χ4n) is 1.73. The van der Waals surface area contributed by atoms with Crippen molar-refractivity contribution >= 4 is 0 Å². The van der Waals surface area contributed by atoms with Crippen LogP contribution >= 0.6 is 0 Å². The van der Waals surface area contributed by atoms with Crippen LogP contribution < -0.4 is 9.47 Å². The van der Waals surface area contributed by atoms with Crippen LogP contribution in [0.1, 0.15) is 12.5 Å². The summed E-state index contributed by atoms with van der Waals surface area (Å²) in [5.41, 5.74) is 3.16. The normalized spacial score (nSPS) is 10.3. The zero-order valence-corrected chi connectivity index (χ0v) is 10.3. The number of methoxy groups -OCH3 is 2. The van der Waals surface area contributed by atoms with Crippen molar-refractivity contribution < 1.29 is 9.47 Å². The molecule has 4 heteroatoms. The van der Waals surface area contributed by atoms with Gasteiger partial charge in [0.15, 0.2) is 0 Å². The highest BCUT2D eigenvalue weighted by molar-refractivity contribution is 5.68. The van der Waals surface area contributed by atoms with Crippen molar-refractivity contribution in [1.82, 2.24) is 9.97 Å². The SMILES string of the molecule is CCc1ccc(OC)c(-c2cnc(OC)[nH]2)c1. The standard InChI is InChI=1S/C13H16N2O2/c1-4-9-5-6-12(16-2)10(7-9)11-8-14-13(15-11)17-3/h5-8H,4H2,1-3H3,(H,14,15). The first-order valence-electron chi connectivity index (χ1n) is 5.54. The third kappa shape index (κ3) is 2.25. The van der Waals surface area contributed by atoms with E-state index in [-0.39, 0.29) is 0 Å². The van der Waals surface area contributed by atoms with Gasteiger partial charge in [-0.2, -0.15) is 0 Å². The number of ether oxygens (including phenoxy) is 2. The number of benzene rings is 1. The van der Waals surface area contributed by atoms with Gasteiger partial charge in [-0.05, 0) is 24.1 Å². The molecule has 90 valence electrons. The van der Waals surface area contributed by atoms with Gasteiger partial charge in [-0.3, -0.25) is 0 Å². The molecule has 0 spiro atoms. The fourth-order valence-corrected chi connectivity index (χ4v) is 1.73. The van der Waals surface area contributed by atoms with E-state index < -0.39 is 0 Å². The van der Waals surface area contributed by atoms with Crippen molar-refractivity contribution in [2.75, 3.05) is 14.2 Å². The second-order valence-electron chi connectivity index (χ2n) is 3.69. The summed E-state index contributed by atoms with van der Waals surface area (Å²) in [6.07, 6.45) is 2.73. The number of aromatic nitrogens is 2. The third-order valence-corrected chi connectivity index (χ3v) is 2.71. The predicted octanol–water partition coefficient (Wildman–Crippen LogP) is 2.66. The Balaban J connectivity index is 2.47. The molecule has 0 atom stereocenters. The molecule has 0 radical (unpaired) electrons. The number of hydrogen-bond acceptors (Lipinski definition) is 3. The molecule has 0 unspecified atom stereocenters. The lowest BCUT2D eigenvalue weighted by molar-refractivity contribution is 0.384. The summed E-state index contributed by atoms with van der Waals surface area (Å²) in [6.45, 7) is 2.12. The third-order valence-electron chi connectivity index (χ3n) is 2.71. The maximum absolute atomic E-state index is 5.35. The molecule has 0 saturated carbocycles. The number of imidazole rings is 1. The van der Waals surface area contributed by atoms with Crippen LogP contribution in [-0.4, -0.2) is 24.2 Å². The van der Waals surface area contributed by atoms with Crippen molar-refractivity contribution in [2.45, 2.75) is 13.3 Å². The lowest BCUT2D eigenvalue weighted by atomic mass is 10.1. The first-order chi connectivity index (χ1) is 8.28. The number of hydrogen-bond donors (Lipinski definition) is 1. The molecule has 17 heavy (non-hydrogen) atoms. The Morgan fingerprint density at radius 1 is 1.24 bits per heavy atom. The van der Waals surface area contributed by atoms with Crippen LogP contribution in [0.25, 0.3) is 11.3 Å². The Morgan fingerprint density at radius 2 is 2.06 bits per heavy atom. The lowest BCUT2D eigenvalue weighted by Gasteiger charge is -2.08. The summed E-state index contributed by atoms with van der Waals surface area (Å²) >= 11 is 0. The molecular formula is C13H16N2O2. The Labute approximate surface area is 101 Å². The second-order valence-corrected chi connectivity index (χ2v) is 3.69. The number of H-pyrrole nitrogens is 1. The average Bonchev–Trinajstić information content (AvgIpc) is 2.86. The van der Waals surface area contributed by atoms with Gasteiger partial charge in [0.1, 0.15) is 5.75 Å². The molecule has 0 fully saturated rings. The van der Waals surface area contributed by atoms with Gasteiger partial charge in [0.2, 0.25) is 0 Å². The molecule has 1 aromatic heterocycles. The van der Waals surface area contributed by atoms with E-state index in [1.165, 1.54) is 5.56 Å². The lowest BCUT2D eigenvalue weighted by Crippen LogP contribution is -1.91. The minimum Gasteiger partial charge on any atom is -0.496 e. The summed E-state index contributed by atoms with van der Waals surface area (Å²) in [6, 6.07) is 6.65. The minimum absolute atomic E-state index is 0.504. The van der Waals surface area contributed by atoms with E-state index in [0.717, 1.165) is 23.4 Å². The van der Waals surface area contributed by atoms with Crippen LogP contribution in [0.4, 0.5) is 0 Å². The summed E-state index contributed by atoms with van der Waals surface area (Å²) in [5, 5.41) is 0. The number of aryl methyl sites for hydroxylation is 1. The molecule has 0 aliphatic carbocycles. The van der Waals surface area contributed by atoms with Crippen molar-refractivity contribution in [2.24, 2.45) is 0 Å². The van der Waals surface area contributed by atoms with Crippen molar-refractivity contribution in [1.29, 1.82) is 0 Å². The molecule has 0 aliphatic heterocycles. The monoisotopic (exact) mass is 232 g/mol. The first-order valence-corrected chi connectivity index (χ1v) is 5.54. The van der Waals surface area contributed by atoms with Crippen LogP contribution in [0.3, 0.4) is 0 Å². The number of nitrogens with zero attached hydrogens (tertiary/aromatic N) is 1. The van der Waals surface area contributed by atoms with E-state index in [4.69, 9.17) is 9.47 Å². The van der Waals surface area contributed by atoms with Crippen molar-refractivity contribution in [3.05, 3.63) is 30.0 Å². The van der Waals surface area contributed by atoms with Gasteiger partial charge in [0.05, 0.1) is 26.1 Å². The second kappa shape index (κ2) is 4.91. The van der Waals surface area contributed by atoms with Gasteiger partial charge in [-0.15, -0.1) is 0 Å². The number of rotatable bonds is 4. The summed E-state index contributed by atoms with van der Waals surface area (Å²) < 4.78 is 10.4. The zero-order valence-electron chi connectivity index (χ0n) is 10.3. The Morgan fingerprint density at radius 3 is 2.65 bits per heavy atom. The molecule has 2 rings (SSSR count). The average molecular weight is 232 g/mol. The van der Waals surface area contributed by atoms with Crippen molar-refractivity contribution in [3.8, 4) is 23.0 Å². The highest BCUT2D eigenvalue weighted by Crippen LogP contribution is 2.30. The summed E-state index contributed by atoms with van der Waals surface area (Å²) in [7, 11) is 3.25. The molecule has 4 nitrogen and oxygen atoms in total. The van der Waals surface area contributed by atoms with Crippen LogP contribution in [0.2, 0.25) is 0 Å². The van der Waals surface area contributed by atoms with Crippen LogP contribution in [0.5, 0.6) is 11.8 Å². The van der Waals surface area contributed by atoms with E-state index >= 15 is 0 Å². The van der Waals surface area contributed by atoms with Crippen LogP contribution in [0, 0.1) is 0 Å². The molecule has 0 aliphatic rings. The molecule has 1 heterocycles. The Hall–Kier alpha value is -1.97. The van der Waals surface area contributed by atoms with Gasteiger partial charge in [0.25, 0.3) is 6.01 Å². The van der Waals surface area contributed by atoms with E-state index in [1.54, 1.807) is 20.4 Å². The molecule has 1 N–H and O–H groups in total.